The largest absolute Gasteiger partial charge is 0.497 e. The molecule has 2 amide bonds. The fraction of sp³-hybridized carbons (Fsp3) is 0.316. The fourth-order valence-electron chi connectivity index (χ4n) is 2.90. The minimum absolute atomic E-state index is 0.268. The summed E-state index contributed by atoms with van der Waals surface area (Å²) in [4.78, 5) is 14.3. The van der Waals surface area contributed by atoms with E-state index in [9.17, 15) is 18.0 Å². The van der Waals surface area contributed by atoms with Crippen LogP contribution >= 0.6 is 11.8 Å². The van der Waals surface area contributed by atoms with Crippen LogP contribution in [-0.4, -0.2) is 37.4 Å². The Morgan fingerprint density at radius 1 is 1.14 bits per heavy atom. The Hall–Kier alpha value is -2.55. The Morgan fingerprint density at radius 3 is 2.46 bits per heavy atom. The molecule has 0 unspecified atom stereocenters. The van der Waals surface area contributed by atoms with Crippen LogP contribution in [0.15, 0.2) is 42.5 Å². The highest BCUT2D eigenvalue weighted by Crippen LogP contribution is 2.43. The monoisotopic (exact) mass is 412 g/mol. The number of halogens is 3. The summed E-state index contributed by atoms with van der Waals surface area (Å²) < 4.78 is 48.7. The van der Waals surface area contributed by atoms with Gasteiger partial charge in [0, 0.05) is 29.6 Å². The second-order valence-corrected chi connectivity index (χ2v) is 7.22. The van der Waals surface area contributed by atoms with Gasteiger partial charge in [0.1, 0.15) is 16.9 Å². The lowest BCUT2D eigenvalue weighted by atomic mass is 10.1. The van der Waals surface area contributed by atoms with Gasteiger partial charge >= 0.3 is 12.2 Å². The summed E-state index contributed by atoms with van der Waals surface area (Å²) in [5, 5.41) is 2.39. The maximum atomic E-state index is 12.7. The summed E-state index contributed by atoms with van der Waals surface area (Å²) in [6.45, 7) is 0.511. The summed E-state index contributed by atoms with van der Waals surface area (Å²) >= 11 is 1.59. The van der Waals surface area contributed by atoms with Gasteiger partial charge < -0.3 is 19.7 Å². The molecule has 1 fully saturated rings. The molecule has 3 rings (SSSR count). The van der Waals surface area contributed by atoms with Gasteiger partial charge in [-0.25, -0.2) is 4.79 Å². The van der Waals surface area contributed by atoms with Crippen molar-refractivity contribution in [2.24, 2.45) is 0 Å². The third kappa shape index (κ3) is 4.30. The highest BCUT2D eigenvalue weighted by Gasteiger charge is 2.33. The van der Waals surface area contributed by atoms with Gasteiger partial charge in [-0.3, -0.25) is 0 Å². The average Bonchev–Trinajstić information content (AvgIpc) is 3.17. The van der Waals surface area contributed by atoms with E-state index in [1.165, 1.54) is 12.1 Å². The highest BCUT2D eigenvalue weighted by atomic mass is 32.2. The molecule has 0 bridgehead atoms. The maximum Gasteiger partial charge on any atom is 0.416 e. The van der Waals surface area contributed by atoms with Crippen LogP contribution < -0.4 is 14.8 Å². The molecule has 0 aromatic heterocycles. The predicted octanol–water partition coefficient (Wildman–Crippen LogP) is 5.00. The van der Waals surface area contributed by atoms with E-state index in [2.05, 4.69) is 5.32 Å². The van der Waals surface area contributed by atoms with E-state index in [0.29, 0.717) is 23.7 Å². The molecule has 0 spiro atoms. The molecule has 0 radical (unpaired) electrons. The van der Waals surface area contributed by atoms with Crippen molar-refractivity contribution in [1.82, 2.24) is 4.90 Å². The summed E-state index contributed by atoms with van der Waals surface area (Å²) in [6.07, 6.45) is -4.41. The lowest BCUT2D eigenvalue weighted by Gasteiger charge is -2.26. The first-order valence-corrected chi connectivity index (χ1v) is 9.47. The van der Waals surface area contributed by atoms with E-state index in [4.69, 9.17) is 9.47 Å². The zero-order chi connectivity index (χ0) is 20.3. The van der Waals surface area contributed by atoms with Crippen LogP contribution in [0.5, 0.6) is 11.5 Å². The molecule has 0 saturated carbocycles. The molecule has 1 saturated heterocycles. The van der Waals surface area contributed by atoms with Crippen LogP contribution in [0.4, 0.5) is 23.7 Å². The van der Waals surface area contributed by atoms with Crippen LogP contribution in [-0.2, 0) is 6.18 Å². The Balaban J connectivity index is 1.76. The quantitative estimate of drug-likeness (QED) is 0.768. The van der Waals surface area contributed by atoms with Crippen LogP contribution in [0.25, 0.3) is 0 Å². The van der Waals surface area contributed by atoms with Crippen LogP contribution in [0.1, 0.15) is 16.5 Å². The number of rotatable bonds is 4. The lowest BCUT2D eigenvalue weighted by molar-refractivity contribution is -0.137. The molecule has 1 aliphatic heterocycles. The third-order valence-electron chi connectivity index (χ3n) is 4.32. The van der Waals surface area contributed by atoms with E-state index in [1.807, 2.05) is 6.07 Å². The fourth-order valence-corrected chi connectivity index (χ4v) is 4.18. The number of amides is 2. The molecular formula is C19H19F3N2O3S. The van der Waals surface area contributed by atoms with Gasteiger partial charge in [-0.05, 0) is 36.4 Å². The van der Waals surface area contributed by atoms with E-state index in [-0.39, 0.29) is 11.4 Å². The van der Waals surface area contributed by atoms with Crippen molar-refractivity contribution < 1.29 is 27.4 Å². The van der Waals surface area contributed by atoms with Crippen molar-refractivity contribution in [2.45, 2.75) is 11.6 Å². The number of nitrogens with zero attached hydrogens (tertiary/aromatic N) is 1. The summed E-state index contributed by atoms with van der Waals surface area (Å²) in [5.74, 6) is 1.98. The Bertz CT molecular complexity index is 843. The Kier molecular flexibility index (Phi) is 5.93. The molecule has 1 atom stereocenters. The van der Waals surface area contributed by atoms with Crippen molar-refractivity contribution in [3.8, 4) is 11.5 Å². The zero-order valence-corrected chi connectivity index (χ0v) is 16.1. The summed E-state index contributed by atoms with van der Waals surface area (Å²) in [6, 6.07) is 9.38. The van der Waals surface area contributed by atoms with Crippen molar-refractivity contribution >= 4 is 23.5 Å². The SMILES string of the molecule is COc1ccc([C@@H]2SCCN2C(=O)Nc2ccc(C(F)(F)F)cc2)c(OC)c1. The second-order valence-electron chi connectivity index (χ2n) is 6.03. The Labute approximate surface area is 164 Å². The number of alkyl halides is 3. The number of nitrogens with one attached hydrogen (secondary N) is 1. The number of carbonyl (C=O) groups is 1. The van der Waals surface area contributed by atoms with Crippen molar-refractivity contribution in [3.63, 3.8) is 0 Å². The molecule has 2 aromatic rings. The molecule has 28 heavy (non-hydrogen) atoms. The van der Waals surface area contributed by atoms with Crippen LogP contribution in [0, 0.1) is 0 Å². The number of anilines is 1. The number of hydrogen-bond acceptors (Lipinski definition) is 4. The van der Waals surface area contributed by atoms with Gasteiger partial charge in [0.2, 0.25) is 0 Å². The summed E-state index contributed by atoms with van der Waals surface area (Å²) in [7, 11) is 3.10. The van der Waals surface area contributed by atoms with E-state index < -0.39 is 11.7 Å². The first kappa shape index (κ1) is 20.2. The maximum absolute atomic E-state index is 12.7. The van der Waals surface area contributed by atoms with Crippen molar-refractivity contribution in [2.75, 3.05) is 31.8 Å². The van der Waals surface area contributed by atoms with Gasteiger partial charge in [0.15, 0.2) is 0 Å². The molecule has 1 aliphatic rings. The number of hydrogen-bond donors (Lipinski definition) is 1. The van der Waals surface area contributed by atoms with Gasteiger partial charge in [-0.1, -0.05) is 0 Å². The van der Waals surface area contributed by atoms with Gasteiger partial charge in [0.05, 0.1) is 19.8 Å². The number of ether oxygens (including phenoxy) is 2. The van der Waals surface area contributed by atoms with Crippen LogP contribution in [0.3, 0.4) is 0 Å². The minimum Gasteiger partial charge on any atom is -0.497 e. The van der Waals surface area contributed by atoms with E-state index in [1.54, 1.807) is 43.0 Å². The molecule has 5 nitrogen and oxygen atoms in total. The molecule has 1 N–H and O–H groups in total. The predicted molar refractivity (Wildman–Crippen MR) is 102 cm³/mol. The number of carbonyl (C=O) groups excluding carboxylic acids is 1. The summed E-state index contributed by atoms with van der Waals surface area (Å²) in [5.41, 5.74) is 0.367. The number of thioether (sulfide) groups is 1. The van der Waals surface area contributed by atoms with E-state index in [0.717, 1.165) is 23.4 Å². The average molecular weight is 412 g/mol. The van der Waals surface area contributed by atoms with Crippen LogP contribution in [0.2, 0.25) is 0 Å². The Morgan fingerprint density at radius 2 is 1.86 bits per heavy atom. The molecule has 1 heterocycles. The van der Waals surface area contributed by atoms with Gasteiger partial charge in [0.25, 0.3) is 0 Å². The molecule has 150 valence electrons. The first-order valence-electron chi connectivity index (χ1n) is 8.42. The third-order valence-corrected chi connectivity index (χ3v) is 5.56. The zero-order valence-electron chi connectivity index (χ0n) is 15.2. The number of methoxy groups -OCH3 is 2. The standard InChI is InChI=1S/C19H19F3N2O3S/c1-26-14-7-8-15(16(11-14)27-2)17-24(9-10-28-17)18(25)23-13-5-3-12(4-6-13)19(20,21)22/h3-8,11,17H,9-10H2,1-2H3,(H,23,25)/t17-/m0/s1. The minimum atomic E-state index is -4.41. The second kappa shape index (κ2) is 8.22. The smallest absolute Gasteiger partial charge is 0.416 e. The number of urea groups is 1. The molecular weight excluding hydrogens is 393 g/mol. The van der Waals surface area contributed by atoms with Crippen molar-refractivity contribution in [1.29, 1.82) is 0 Å². The molecule has 0 aliphatic carbocycles. The van der Waals surface area contributed by atoms with Gasteiger partial charge in [-0.2, -0.15) is 13.2 Å². The van der Waals surface area contributed by atoms with Crippen molar-refractivity contribution in [3.05, 3.63) is 53.6 Å². The van der Waals surface area contributed by atoms with E-state index >= 15 is 0 Å². The molecule has 2 aromatic carbocycles. The normalized spacial score (nSPS) is 16.8. The number of benzene rings is 2. The topological polar surface area (TPSA) is 50.8 Å². The van der Waals surface area contributed by atoms with Gasteiger partial charge in [-0.15, -0.1) is 11.8 Å². The first-order chi connectivity index (χ1) is 13.3. The molecule has 9 heteroatoms. The highest BCUT2D eigenvalue weighted by molar-refractivity contribution is 7.99. The lowest BCUT2D eigenvalue weighted by Crippen LogP contribution is -2.34.